The summed E-state index contributed by atoms with van der Waals surface area (Å²) in [5.41, 5.74) is 5.78. The van der Waals surface area contributed by atoms with Crippen molar-refractivity contribution in [3.05, 3.63) is 111 Å². The molecule has 0 bridgehead atoms. The molecule has 5 rings (SSSR count). The Bertz CT molecular complexity index is 1570. The first-order valence-electron chi connectivity index (χ1n) is 11.8. The van der Waals surface area contributed by atoms with E-state index in [0.29, 0.717) is 13.1 Å². The first-order valence-corrected chi connectivity index (χ1v) is 11.8. The smallest absolute Gasteiger partial charge is 0.296 e. The van der Waals surface area contributed by atoms with Gasteiger partial charge in [-0.25, -0.2) is 4.52 Å². The van der Waals surface area contributed by atoms with Crippen LogP contribution in [0.4, 0.5) is 0 Å². The Labute approximate surface area is 203 Å². The summed E-state index contributed by atoms with van der Waals surface area (Å²) in [4.78, 5) is 30.6. The Hall–Kier alpha value is -4.26. The van der Waals surface area contributed by atoms with E-state index in [1.165, 1.54) is 10.1 Å². The van der Waals surface area contributed by atoms with Crippen LogP contribution < -0.4 is 10.9 Å². The van der Waals surface area contributed by atoms with E-state index in [0.717, 1.165) is 40.6 Å². The highest BCUT2D eigenvalue weighted by Gasteiger charge is 2.19. The molecule has 2 heterocycles. The number of nitrogens with zero attached hydrogens (tertiary/aromatic N) is 4. The van der Waals surface area contributed by atoms with Crippen LogP contribution >= 0.6 is 0 Å². The lowest BCUT2D eigenvalue weighted by atomic mass is 10.1. The normalized spacial score (nSPS) is 11.3. The number of carbonyl (C=O) groups is 1. The molecule has 35 heavy (non-hydrogen) atoms. The Morgan fingerprint density at radius 2 is 1.63 bits per heavy atom. The number of carbonyl (C=O) groups excluding carboxylic acids is 1. The van der Waals surface area contributed by atoms with Gasteiger partial charge in [0.2, 0.25) is 11.5 Å². The molecule has 0 atom stereocenters. The van der Waals surface area contributed by atoms with Crippen LogP contribution in [-0.4, -0.2) is 31.6 Å². The summed E-state index contributed by atoms with van der Waals surface area (Å²) in [6.07, 6.45) is 1.67. The van der Waals surface area contributed by atoms with E-state index in [-0.39, 0.29) is 22.9 Å². The number of benzene rings is 3. The third-order valence-electron chi connectivity index (χ3n) is 6.13. The number of aromatic nitrogens is 4. The van der Waals surface area contributed by atoms with Crippen LogP contribution in [0.5, 0.6) is 0 Å². The highest BCUT2D eigenvalue weighted by molar-refractivity contribution is 5.91. The van der Waals surface area contributed by atoms with Crippen molar-refractivity contribution in [3.8, 4) is 0 Å². The molecule has 0 aliphatic rings. The van der Waals surface area contributed by atoms with Crippen LogP contribution in [0.25, 0.3) is 16.7 Å². The summed E-state index contributed by atoms with van der Waals surface area (Å²) in [5, 5.41) is 7.29. The number of aryl methyl sites for hydroxylation is 3. The average Bonchev–Trinajstić information content (AvgIpc) is 3.32. The second-order valence-electron chi connectivity index (χ2n) is 8.88. The molecule has 0 fully saturated rings. The molecule has 7 heteroatoms. The third kappa shape index (κ3) is 4.71. The fraction of sp³-hybridized carbons (Fsp3) is 0.214. The van der Waals surface area contributed by atoms with Crippen molar-refractivity contribution in [3.63, 3.8) is 0 Å². The van der Waals surface area contributed by atoms with Crippen molar-refractivity contribution in [2.24, 2.45) is 0 Å². The van der Waals surface area contributed by atoms with E-state index in [2.05, 4.69) is 27.5 Å². The average molecular weight is 466 g/mol. The summed E-state index contributed by atoms with van der Waals surface area (Å²) in [5.74, 6) is -0.386. The monoisotopic (exact) mass is 465 g/mol. The SMILES string of the molecule is Cc1ccc(Cn2c(=O)c3nc(C(=O)NCCCc4ccccc4)nn3c3ccc(C)cc32)cc1. The van der Waals surface area contributed by atoms with E-state index < -0.39 is 0 Å². The molecule has 3 aromatic carbocycles. The minimum Gasteiger partial charge on any atom is -0.349 e. The molecule has 0 spiro atoms. The zero-order valence-corrected chi connectivity index (χ0v) is 19.9. The van der Waals surface area contributed by atoms with Gasteiger partial charge in [0, 0.05) is 6.54 Å². The number of rotatable bonds is 7. The Balaban J connectivity index is 1.45. The van der Waals surface area contributed by atoms with Crippen LogP contribution in [0.15, 0.2) is 77.6 Å². The maximum absolute atomic E-state index is 13.5. The molecule has 5 aromatic rings. The third-order valence-corrected chi connectivity index (χ3v) is 6.13. The molecule has 1 N–H and O–H groups in total. The quantitative estimate of drug-likeness (QED) is 0.368. The van der Waals surface area contributed by atoms with Gasteiger partial charge in [-0.3, -0.25) is 14.2 Å². The highest BCUT2D eigenvalue weighted by Crippen LogP contribution is 2.17. The fourth-order valence-electron chi connectivity index (χ4n) is 4.22. The first kappa shape index (κ1) is 22.5. The molecule has 2 aromatic heterocycles. The Morgan fingerprint density at radius 3 is 2.40 bits per heavy atom. The minimum absolute atomic E-state index is 0.00299. The second-order valence-corrected chi connectivity index (χ2v) is 8.88. The van der Waals surface area contributed by atoms with Gasteiger partial charge in [0.25, 0.3) is 11.5 Å². The molecule has 0 unspecified atom stereocenters. The summed E-state index contributed by atoms with van der Waals surface area (Å²) in [7, 11) is 0. The maximum Gasteiger partial charge on any atom is 0.296 e. The first-order chi connectivity index (χ1) is 17.0. The molecular weight excluding hydrogens is 438 g/mol. The van der Waals surface area contributed by atoms with Crippen LogP contribution in [-0.2, 0) is 13.0 Å². The molecular formula is C28H27N5O2. The molecule has 176 valence electrons. The fourth-order valence-corrected chi connectivity index (χ4v) is 4.22. The number of hydrogen-bond acceptors (Lipinski definition) is 4. The topological polar surface area (TPSA) is 81.3 Å². The minimum atomic E-state index is -0.383. The van der Waals surface area contributed by atoms with Crippen molar-refractivity contribution in [1.29, 1.82) is 0 Å². The predicted molar refractivity (Wildman–Crippen MR) is 137 cm³/mol. The lowest BCUT2D eigenvalue weighted by Gasteiger charge is -2.12. The van der Waals surface area contributed by atoms with E-state index in [9.17, 15) is 9.59 Å². The van der Waals surface area contributed by atoms with Gasteiger partial charge in [0.1, 0.15) is 0 Å². The Kier molecular flexibility index (Phi) is 6.14. The number of fused-ring (bicyclic) bond motifs is 3. The van der Waals surface area contributed by atoms with Crippen molar-refractivity contribution in [1.82, 2.24) is 24.5 Å². The van der Waals surface area contributed by atoms with Gasteiger partial charge in [-0.1, -0.05) is 66.2 Å². The van der Waals surface area contributed by atoms with Gasteiger partial charge in [-0.05, 0) is 55.5 Å². The van der Waals surface area contributed by atoms with Crippen molar-refractivity contribution in [2.45, 2.75) is 33.2 Å². The van der Waals surface area contributed by atoms with E-state index in [1.54, 1.807) is 4.57 Å². The van der Waals surface area contributed by atoms with Crippen molar-refractivity contribution >= 4 is 22.6 Å². The van der Waals surface area contributed by atoms with Crippen molar-refractivity contribution < 1.29 is 4.79 Å². The Morgan fingerprint density at radius 1 is 0.886 bits per heavy atom. The van der Waals surface area contributed by atoms with Gasteiger partial charge in [0.05, 0.1) is 17.6 Å². The summed E-state index contributed by atoms with van der Waals surface area (Å²) in [6.45, 7) is 4.93. The van der Waals surface area contributed by atoms with Crippen LogP contribution in [0.2, 0.25) is 0 Å². The number of hydrogen-bond donors (Lipinski definition) is 1. The molecule has 0 aliphatic carbocycles. The number of nitrogens with one attached hydrogen (secondary N) is 1. The van der Waals surface area contributed by atoms with Gasteiger partial charge in [0.15, 0.2) is 0 Å². The van der Waals surface area contributed by atoms with E-state index in [1.807, 2.05) is 74.5 Å². The van der Waals surface area contributed by atoms with E-state index in [4.69, 9.17) is 0 Å². The zero-order valence-electron chi connectivity index (χ0n) is 19.9. The largest absolute Gasteiger partial charge is 0.349 e. The summed E-state index contributed by atoms with van der Waals surface area (Å²) >= 11 is 0. The van der Waals surface area contributed by atoms with Crippen LogP contribution in [0.1, 0.15) is 39.3 Å². The lowest BCUT2D eigenvalue weighted by Crippen LogP contribution is -2.26. The molecule has 7 nitrogen and oxygen atoms in total. The lowest BCUT2D eigenvalue weighted by molar-refractivity contribution is 0.0943. The highest BCUT2D eigenvalue weighted by atomic mass is 16.2. The summed E-state index contributed by atoms with van der Waals surface area (Å²) < 4.78 is 3.19. The van der Waals surface area contributed by atoms with Gasteiger partial charge in [-0.15, -0.1) is 5.10 Å². The predicted octanol–water partition coefficient (Wildman–Crippen LogP) is 4.07. The number of amides is 1. The molecule has 0 radical (unpaired) electrons. The van der Waals surface area contributed by atoms with E-state index >= 15 is 0 Å². The molecule has 0 aliphatic heterocycles. The van der Waals surface area contributed by atoms with Gasteiger partial charge < -0.3 is 5.32 Å². The zero-order chi connectivity index (χ0) is 24.4. The molecule has 1 amide bonds. The van der Waals surface area contributed by atoms with Gasteiger partial charge in [-0.2, -0.15) is 4.98 Å². The molecule has 0 saturated heterocycles. The second kappa shape index (κ2) is 9.54. The van der Waals surface area contributed by atoms with Crippen LogP contribution in [0, 0.1) is 13.8 Å². The molecule has 0 saturated carbocycles. The standard InChI is InChI=1S/C28H27N5O2/c1-19-10-13-22(14-11-19)18-32-24-17-20(2)12-15-23(24)33-26(28(32)35)30-25(31-33)27(34)29-16-6-9-21-7-4-3-5-8-21/h3-5,7-8,10-15,17H,6,9,16,18H2,1-2H3,(H,29,34). The van der Waals surface area contributed by atoms with Crippen molar-refractivity contribution in [2.75, 3.05) is 6.54 Å². The van der Waals surface area contributed by atoms with Crippen LogP contribution in [0.3, 0.4) is 0 Å². The maximum atomic E-state index is 13.5. The van der Waals surface area contributed by atoms with Gasteiger partial charge >= 0.3 is 0 Å². The summed E-state index contributed by atoms with van der Waals surface area (Å²) in [6, 6.07) is 24.1.